The molecular weight excluding hydrogens is 326 g/mol. The average Bonchev–Trinajstić information content (AvgIpc) is 2.97. The monoisotopic (exact) mass is 343 g/mol. The molecule has 0 saturated heterocycles. The number of hydrogen-bond donors (Lipinski definition) is 2. The second kappa shape index (κ2) is 6.53. The lowest BCUT2D eigenvalue weighted by atomic mass is 9.98. The Morgan fingerprint density at radius 1 is 1.08 bits per heavy atom. The van der Waals surface area contributed by atoms with E-state index >= 15 is 0 Å². The predicted octanol–water partition coefficient (Wildman–Crippen LogP) is 4.18. The SMILES string of the molecule is CC(C)c1cc(-c2cnnn2Cc2ccc(Cl)cc2)c(O)cc1O. The number of aromatic nitrogens is 3. The molecule has 0 amide bonds. The number of halogens is 1. The fraction of sp³-hybridized carbons (Fsp3) is 0.222. The molecule has 2 aromatic carbocycles. The van der Waals surface area contributed by atoms with Crippen molar-refractivity contribution in [2.75, 3.05) is 0 Å². The molecule has 0 radical (unpaired) electrons. The summed E-state index contributed by atoms with van der Waals surface area (Å²) in [6, 6.07) is 10.6. The molecular formula is C18H18ClN3O2. The maximum Gasteiger partial charge on any atom is 0.128 e. The van der Waals surface area contributed by atoms with Crippen LogP contribution in [0.1, 0.15) is 30.9 Å². The van der Waals surface area contributed by atoms with Crippen LogP contribution in [0.5, 0.6) is 11.5 Å². The van der Waals surface area contributed by atoms with Gasteiger partial charge >= 0.3 is 0 Å². The summed E-state index contributed by atoms with van der Waals surface area (Å²) >= 11 is 5.91. The molecule has 3 aromatic rings. The van der Waals surface area contributed by atoms with Crippen molar-refractivity contribution in [2.45, 2.75) is 26.3 Å². The van der Waals surface area contributed by atoms with Crippen LogP contribution in [0.25, 0.3) is 11.3 Å². The predicted molar refractivity (Wildman–Crippen MR) is 93.4 cm³/mol. The van der Waals surface area contributed by atoms with Gasteiger partial charge in [0, 0.05) is 16.7 Å². The van der Waals surface area contributed by atoms with Gasteiger partial charge < -0.3 is 10.2 Å². The Hall–Kier alpha value is -2.53. The summed E-state index contributed by atoms with van der Waals surface area (Å²) in [4.78, 5) is 0. The first-order chi connectivity index (χ1) is 11.5. The van der Waals surface area contributed by atoms with E-state index < -0.39 is 0 Å². The van der Waals surface area contributed by atoms with E-state index in [2.05, 4.69) is 10.3 Å². The topological polar surface area (TPSA) is 71.2 Å². The molecule has 124 valence electrons. The Balaban J connectivity index is 2.01. The van der Waals surface area contributed by atoms with Crippen LogP contribution in [0, 0.1) is 0 Å². The summed E-state index contributed by atoms with van der Waals surface area (Å²) < 4.78 is 1.71. The Morgan fingerprint density at radius 2 is 1.79 bits per heavy atom. The van der Waals surface area contributed by atoms with Crippen molar-refractivity contribution in [1.29, 1.82) is 0 Å². The van der Waals surface area contributed by atoms with Crippen LogP contribution >= 0.6 is 11.6 Å². The molecule has 0 aliphatic carbocycles. The first-order valence-electron chi connectivity index (χ1n) is 7.65. The summed E-state index contributed by atoms with van der Waals surface area (Å²) in [6.45, 7) is 4.47. The third-order valence-electron chi connectivity index (χ3n) is 3.91. The van der Waals surface area contributed by atoms with E-state index in [9.17, 15) is 10.2 Å². The molecule has 24 heavy (non-hydrogen) atoms. The molecule has 0 aliphatic rings. The Labute approximate surface area is 145 Å². The van der Waals surface area contributed by atoms with Crippen molar-refractivity contribution in [3.8, 4) is 22.8 Å². The molecule has 0 atom stereocenters. The highest BCUT2D eigenvalue weighted by Crippen LogP contribution is 2.37. The normalized spacial score (nSPS) is 11.2. The molecule has 0 aliphatic heterocycles. The van der Waals surface area contributed by atoms with Crippen LogP contribution < -0.4 is 0 Å². The number of benzene rings is 2. The minimum Gasteiger partial charge on any atom is -0.508 e. The lowest BCUT2D eigenvalue weighted by Crippen LogP contribution is -2.04. The average molecular weight is 344 g/mol. The van der Waals surface area contributed by atoms with Crippen LogP contribution in [0.15, 0.2) is 42.6 Å². The molecule has 5 nitrogen and oxygen atoms in total. The Kier molecular flexibility index (Phi) is 4.44. The summed E-state index contributed by atoms with van der Waals surface area (Å²) in [5, 5.41) is 29.0. The van der Waals surface area contributed by atoms with Crippen molar-refractivity contribution in [3.05, 3.63) is 58.7 Å². The van der Waals surface area contributed by atoms with Crippen LogP contribution in [0.3, 0.4) is 0 Å². The minimum atomic E-state index is -0.00319. The molecule has 6 heteroatoms. The fourth-order valence-electron chi connectivity index (χ4n) is 2.61. The van der Waals surface area contributed by atoms with Crippen LogP contribution in [0.2, 0.25) is 5.02 Å². The smallest absolute Gasteiger partial charge is 0.128 e. The zero-order valence-electron chi connectivity index (χ0n) is 13.4. The lowest BCUT2D eigenvalue weighted by Gasteiger charge is -2.13. The summed E-state index contributed by atoms with van der Waals surface area (Å²) in [5.74, 6) is 0.212. The highest BCUT2D eigenvalue weighted by atomic mass is 35.5. The van der Waals surface area contributed by atoms with E-state index in [0.717, 1.165) is 11.1 Å². The van der Waals surface area contributed by atoms with Crippen molar-refractivity contribution in [3.63, 3.8) is 0 Å². The highest BCUT2D eigenvalue weighted by Gasteiger charge is 2.16. The van der Waals surface area contributed by atoms with Gasteiger partial charge in [-0.2, -0.15) is 0 Å². The van der Waals surface area contributed by atoms with Crippen molar-refractivity contribution in [1.82, 2.24) is 15.0 Å². The number of hydrogen-bond acceptors (Lipinski definition) is 4. The zero-order valence-corrected chi connectivity index (χ0v) is 14.2. The number of nitrogens with zero attached hydrogens (tertiary/aromatic N) is 3. The van der Waals surface area contributed by atoms with Gasteiger partial charge in [0.2, 0.25) is 0 Å². The van der Waals surface area contributed by atoms with E-state index in [4.69, 9.17) is 11.6 Å². The van der Waals surface area contributed by atoms with Gasteiger partial charge in [-0.25, -0.2) is 4.68 Å². The summed E-state index contributed by atoms with van der Waals surface area (Å²) in [7, 11) is 0. The molecule has 1 aromatic heterocycles. The van der Waals surface area contributed by atoms with Crippen molar-refractivity contribution >= 4 is 11.6 Å². The summed E-state index contributed by atoms with van der Waals surface area (Å²) in [6.07, 6.45) is 1.60. The maximum atomic E-state index is 10.2. The van der Waals surface area contributed by atoms with Gasteiger partial charge in [-0.3, -0.25) is 0 Å². The van der Waals surface area contributed by atoms with E-state index in [1.807, 2.05) is 38.1 Å². The van der Waals surface area contributed by atoms with Gasteiger partial charge in [0.1, 0.15) is 11.5 Å². The van der Waals surface area contributed by atoms with Crippen LogP contribution in [-0.4, -0.2) is 25.2 Å². The van der Waals surface area contributed by atoms with Crippen LogP contribution in [-0.2, 0) is 6.54 Å². The first-order valence-corrected chi connectivity index (χ1v) is 8.02. The second-order valence-corrected chi connectivity index (χ2v) is 6.42. The molecule has 0 unspecified atom stereocenters. The Morgan fingerprint density at radius 3 is 2.46 bits per heavy atom. The van der Waals surface area contributed by atoms with Crippen LogP contribution in [0.4, 0.5) is 0 Å². The largest absolute Gasteiger partial charge is 0.508 e. The first kappa shape index (κ1) is 16.3. The Bertz CT molecular complexity index is 857. The van der Waals surface area contributed by atoms with Gasteiger partial charge in [0.15, 0.2) is 0 Å². The molecule has 2 N–H and O–H groups in total. The van der Waals surface area contributed by atoms with E-state index in [1.165, 1.54) is 6.07 Å². The minimum absolute atomic E-state index is 0.00319. The van der Waals surface area contributed by atoms with Gasteiger partial charge in [0.25, 0.3) is 0 Å². The third-order valence-corrected chi connectivity index (χ3v) is 4.16. The van der Waals surface area contributed by atoms with Crippen molar-refractivity contribution in [2.24, 2.45) is 0 Å². The molecule has 0 saturated carbocycles. The maximum absolute atomic E-state index is 10.2. The highest BCUT2D eigenvalue weighted by molar-refractivity contribution is 6.30. The van der Waals surface area contributed by atoms with E-state index in [0.29, 0.717) is 22.8 Å². The molecule has 3 rings (SSSR count). The fourth-order valence-corrected chi connectivity index (χ4v) is 2.73. The van der Waals surface area contributed by atoms with Gasteiger partial charge in [0.05, 0.1) is 18.4 Å². The molecule has 1 heterocycles. The van der Waals surface area contributed by atoms with E-state index in [-0.39, 0.29) is 17.4 Å². The third kappa shape index (κ3) is 3.21. The molecule has 0 fully saturated rings. The standard InChI is InChI=1S/C18H18ClN3O2/c1-11(2)14-7-15(18(24)8-17(14)23)16-9-20-21-22(16)10-12-3-5-13(19)6-4-12/h3-9,11,23-24H,10H2,1-2H3. The number of phenols is 2. The molecule has 0 spiro atoms. The van der Waals surface area contributed by atoms with Gasteiger partial charge in [-0.05, 0) is 35.2 Å². The number of rotatable bonds is 4. The zero-order chi connectivity index (χ0) is 17.3. The van der Waals surface area contributed by atoms with E-state index in [1.54, 1.807) is 16.9 Å². The van der Waals surface area contributed by atoms with Crippen molar-refractivity contribution < 1.29 is 10.2 Å². The second-order valence-electron chi connectivity index (χ2n) is 5.99. The number of phenolic OH excluding ortho intramolecular Hbond substituents is 2. The van der Waals surface area contributed by atoms with Gasteiger partial charge in [-0.1, -0.05) is 42.8 Å². The summed E-state index contributed by atoms with van der Waals surface area (Å²) in [5.41, 5.74) is 3.07. The molecule has 0 bridgehead atoms. The lowest BCUT2D eigenvalue weighted by molar-refractivity contribution is 0.444. The number of aromatic hydroxyl groups is 2. The van der Waals surface area contributed by atoms with Gasteiger partial charge in [-0.15, -0.1) is 5.10 Å². The quantitative estimate of drug-likeness (QED) is 0.745.